The number of hydrogen-bond acceptors (Lipinski definition) is 5. The van der Waals surface area contributed by atoms with Crippen LogP contribution in [-0.2, 0) is 19.1 Å². The summed E-state index contributed by atoms with van der Waals surface area (Å²) in [6, 6.07) is 11.7. The first-order chi connectivity index (χ1) is 13.0. The Morgan fingerprint density at radius 2 is 1.67 bits per heavy atom. The van der Waals surface area contributed by atoms with Crippen molar-refractivity contribution < 1.29 is 28.2 Å². The van der Waals surface area contributed by atoms with Gasteiger partial charge in [-0.1, -0.05) is 12.1 Å². The molecule has 7 heteroatoms. The smallest absolute Gasteiger partial charge is 0.338 e. The lowest BCUT2D eigenvalue weighted by Crippen LogP contribution is -2.20. The van der Waals surface area contributed by atoms with Gasteiger partial charge in [0, 0.05) is 11.8 Å². The maximum Gasteiger partial charge on any atom is 0.338 e. The van der Waals surface area contributed by atoms with E-state index in [-0.39, 0.29) is 12.4 Å². The highest BCUT2D eigenvalue weighted by Crippen LogP contribution is 2.10. The second-order valence-electron chi connectivity index (χ2n) is 5.34. The van der Waals surface area contributed by atoms with Crippen molar-refractivity contribution in [3.05, 3.63) is 71.6 Å². The molecule has 2 rings (SSSR count). The summed E-state index contributed by atoms with van der Waals surface area (Å²) < 4.78 is 22.5. The first-order valence-electron chi connectivity index (χ1n) is 8.15. The molecule has 0 atom stereocenters. The standard InChI is InChI=1S/C20H18FNO5/c1-2-26-20(25)15-6-10-17(11-7-15)22-18(23)13-27-19(24)12-5-14-3-8-16(21)9-4-14/h3-12H,2,13H2,1H3,(H,22,23). The summed E-state index contributed by atoms with van der Waals surface area (Å²) in [5.74, 6) is -2.05. The highest BCUT2D eigenvalue weighted by molar-refractivity contribution is 5.95. The molecule has 6 nitrogen and oxygen atoms in total. The van der Waals surface area contributed by atoms with Gasteiger partial charge in [0.05, 0.1) is 12.2 Å². The Bertz CT molecular complexity index is 828. The predicted molar refractivity (Wildman–Crippen MR) is 97.4 cm³/mol. The van der Waals surface area contributed by atoms with Crippen molar-refractivity contribution >= 4 is 29.6 Å². The Hall–Kier alpha value is -3.48. The second-order valence-corrected chi connectivity index (χ2v) is 5.34. The van der Waals surface area contributed by atoms with Crippen LogP contribution >= 0.6 is 0 Å². The molecular weight excluding hydrogens is 353 g/mol. The normalized spacial score (nSPS) is 10.4. The summed E-state index contributed by atoms with van der Waals surface area (Å²) in [7, 11) is 0. The van der Waals surface area contributed by atoms with Crippen molar-refractivity contribution in [1.82, 2.24) is 0 Å². The lowest BCUT2D eigenvalue weighted by Gasteiger charge is -2.06. The molecule has 0 aliphatic carbocycles. The second kappa shape index (κ2) is 9.86. The molecule has 0 aromatic heterocycles. The topological polar surface area (TPSA) is 81.7 Å². The van der Waals surface area contributed by atoms with Crippen LogP contribution in [0.5, 0.6) is 0 Å². The van der Waals surface area contributed by atoms with Crippen molar-refractivity contribution in [3.63, 3.8) is 0 Å². The third-order valence-electron chi connectivity index (χ3n) is 3.31. The largest absolute Gasteiger partial charge is 0.462 e. The number of carbonyl (C=O) groups excluding carboxylic acids is 3. The van der Waals surface area contributed by atoms with Gasteiger partial charge in [-0.15, -0.1) is 0 Å². The minimum atomic E-state index is -0.702. The minimum absolute atomic E-state index is 0.276. The SMILES string of the molecule is CCOC(=O)c1ccc(NC(=O)COC(=O)C=Cc2ccc(F)cc2)cc1. The summed E-state index contributed by atoms with van der Waals surface area (Å²) in [6.07, 6.45) is 2.60. The van der Waals surface area contributed by atoms with Gasteiger partial charge in [0.2, 0.25) is 0 Å². The highest BCUT2D eigenvalue weighted by atomic mass is 19.1. The summed E-state index contributed by atoms with van der Waals surface area (Å²) >= 11 is 0. The van der Waals surface area contributed by atoms with Gasteiger partial charge in [-0.25, -0.2) is 14.0 Å². The monoisotopic (exact) mass is 371 g/mol. The number of carbonyl (C=O) groups is 3. The summed E-state index contributed by atoms with van der Waals surface area (Å²) in [5.41, 5.74) is 1.44. The van der Waals surface area contributed by atoms with Crippen LogP contribution in [0, 0.1) is 5.82 Å². The van der Waals surface area contributed by atoms with Crippen molar-refractivity contribution in [2.24, 2.45) is 0 Å². The molecule has 0 bridgehead atoms. The lowest BCUT2D eigenvalue weighted by atomic mass is 10.2. The van der Waals surface area contributed by atoms with E-state index in [2.05, 4.69) is 5.32 Å². The van der Waals surface area contributed by atoms with Gasteiger partial charge in [-0.2, -0.15) is 0 Å². The van der Waals surface area contributed by atoms with Gasteiger partial charge in [0.1, 0.15) is 5.82 Å². The number of rotatable bonds is 7. The average Bonchev–Trinajstić information content (AvgIpc) is 2.66. The molecule has 0 heterocycles. The van der Waals surface area contributed by atoms with Gasteiger partial charge in [-0.05, 0) is 55.0 Å². The Morgan fingerprint density at radius 1 is 1.00 bits per heavy atom. The first kappa shape index (κ1) is 19.8. The van der Waals surface area contributed by atoms with Crippen LogP contribution in [0.25, 0.3) is 6.08 Å². The molecule has 0 saturated carbocycles. The van der Waals surface area contributed by atoms with Crippen LogP contribution in [0.4, 0.5) is 10.1 Å². The quantitative estimate of drug-likeness (QED) is 0.597. The molecule has 0 radical (unpaired) electrons. The van der Waals surface area contributed by atoms with E-state index in [9.17, 15) is 18.8 Å². The fraction of sp³-hybridized carbons (Fsp3) is 0.150. The van der Waals surface area contributed by atoms with Crippen molar-refractivity contribution in [3.8, 4) is 0 Å². The predicted octanol–water partition coefficient (Wildman–Crippen LogP) is 3.20. The fourth-order valence-electron chi connectivity index (χ4n) is 2.02. The number of hydrogen-bond donors (Lipinski definition) is 1. The molecule has 27 heavy (non-hydrogen) atoms. The van der Waals surface area contributed by atoms with E-state index in [0.29, 0.717) is 16.8 Å². The van der Waals surface area contributed by atoms with Gasteiger partial charge in [0.25, 0.3) is 5.91 Å². The molecule has 0 fully saturated rings. The van der Waals surface area contributed by atoms with Crippen LogP contribution in [0.3, 0.4) is 0 Å². The van der Waals surface area contributed by atoms with E-state index in [4.69, 9.17) is 9.47 Å². The molecule has 1 N–H and O–H groups in total. The van der Waals surface area contributed by atoms with Crippen molar-refractivity contribution in [1.29, 1.82) is 0 Å². The molecular formula is C20H18FNO5. The summed E-state index contributed by atoms with van der Waals surface area (Å²) in [5, 5.41) is 2.54. The van der Waals surface area contributed by atoms with Crippen LogP contribution in [0.2, 0.25) is 0 Å². The van der Waals surface area contributed by atoms with Crippen LogP contribution < -0.4 is 5.32 Å². The summed E-state index contributed by atoms with van der Waals surface area (Å²) in [4.78, 5) is 35.0. The Morgan fingerprint density at radius 3 is 2.30 bits per heavy atom. The summed E-state index contributed by atoms with van der Waals surface area (Å²) in [6.45, 7) is 1.52. The molecule has 0 aliphatic heterocycles. The average molecular weight is 371 g/mol. The number of halogens is 1. The number of anilines is 1. The van der Waals surface area contributed by atoms with Crippen LogP contribution in [-0.4, -0.2) is 31.1 Å². The van der Waals surface area contributed by atoms with E-state index >= 15 is 0 Å². The molecule has 140 valence electrons. The van der Waals surface area contributed by atoms with Gasteiger partial charge in [-0.3, -0.25) is 4.79 Å². The van der Waals surface area contributed by atoms with E-state index in [1.54, 1.807) is 19.1 Å². The maximum absolute atomic E-state index is 12.8. The minimum Gasteiger partial charge on any atom is -0.462 e. The van der Waals surface area contributed by atoms with Gasteiger partial charge >= 0.3 is 11.9 Å². The van der Waals surface area contributed by atoms with E-state index in [1.807, 2.05) is 0 Å². The number of benzene rings is 2. The van der Waals surface area contributed by atoms with E-state index < -0.39 is 24.5 Å². The number of amides is 1. The zero-order valence-electron chi connectivity index (χ0n) is 14.6. The van der Waals surface area contributed by atoms with Crippen molar-refractivity contribution in [2.75, 3.05) is 18.5 Å². The zero-order valence-corrected chi connectivity index (χ0v) is 14.6. The van der Waals surface area contributed by atoms with E-state index in [0.717, 1.165) is 6.08 Å². The molecule has 1 amide bonds. The third kappa shape index (κ3) is 6.74. The molecule has 2 aromatic rings. The van der Waals surface area contributed by atoms with Crippen LogP contribution in [0.1, 0.15) is 22.8 Å². The Labute approximate surface area is 155 Å². The highest BCUT2D eigenvalue weighted by Gasteiger charge is 2.08. The number of ether oxygens (including phenoxy) is 2. The van der Waals surface area contributed by atoms with E-state index in [1.165, 1.54) is 42.5 Å². The van der Waals surface area contributed by atoms with Crippen molar-refractivity contribution in [2.45, 2.75) is 6.92 Å². The van der Waals surface area contributed by atoms with Gasteiger partial charge < -0.3 is 14.8 Å². The number of nitrogens with one attached hydrogen (secondary N) is 1. The molecule has 0 saturated heterocycles. The Kier molecular flexibility index (Phi) is 7.25. The molecule has 0 spiro atoms. The molecule has 0 unspecified atom stereocenters. The third-order valence-corrected chi connectivity index (χ3v) is 3.31. The zero-order chi connectivity index (χ0) is 19.6. The van der Waals surface area contributed by atoms with Gasteiger partial charge in [0.15, 0.2) is 6.61 Å². The molecule has 0 aliphatic rings. The maximum atomic E-state index is 12.8. The first-order valence-corrected chi connectivity index (χ1v) is 8.15. The number of esters is 2. The lowest BCUT2D eigenvalue weighted by molar-refractivity contribution is -0.142. The Balaban J connectivity index is 1.79. The fourth-order valence-corrected chi connectivity index (χ4v) is 2.02. The molecule has 2 aromatic carbocycles. The van der Waals surface area contributed by atoms with Crippen LogP contribution in [0.15, 0.2) is 54.6 Å².